The van der Waals surface area contributed by atoms with E-state index in [-0.39, 0.29) is 35.1 Å². The van der Waals surface area contributed by atoms with Gasteiger partial charge >= 0.3 is 5.97 Å². The van der Waals surface area contributed by atoms with Crippen LogP contribution in [-0.2, 0) is 40.4 Å². The standard InChI is InChI=1S/C21H27N3O7S/c1-13(24-19(26)16-4-2-3-5-17(16)20(24)27)21(28)31-12-18(25)23-11-10-14-6-8-15(9-7-14)32(22,29)30/h6-9,13,16-17H,2-5,10-12H2,1H3,(H,23,25)(H2,22,29,30)/t13-,16-,17+/m0/s1. The molecule has 10 nitrogen and oxygen atoms in total. The van der Waals surface area contributed by atoms with Gasteiger partial charge in [0.1, 0.15) is 6.04 Å². The first-order valence-corrected chi connectivity index (χ1v) is 12.1. The SMILES string of the molecule is C[C@@H](C(=O)OCC(=O)NCCc1ccc(S(N)(=O)=O)cc1)N1C(=O)[C@H]2CCCC[C@H]2C1=O. The van der Waals surface area contributed by atoms with Gasteiger partial charge in [-0.25, -0.2) is 18.4 Å². The van der Waals surface area contributed by atoms with Gasteiger partial charge in [0.2, 0.25) is 21.8 Å². The zero-order valence-electron chi connectivity index (χ0n) is 17.8. The number of sulfonamides is 1. The average Bonchev–Trinajstić information content (AvgIpc) is 3.01. The molecule has 0 radical (unpaired) electrons. The minimum absolute atomic E-state index is 0.000496. The number of carbonyl (C=O) groups is 4. The fourth-order valence-electron chi connectivity index (χ4n) is 4.18. The van der Waals surface area contributed by atoms with Gasteiger partial charge in [0, 0.05) is 6.54 Å². The van der Waals surface area contributed by atoms with E-state index in [1.54, 1.807) is 12.1 Å². The Morgan fingerprint density at radius 2 is 1.69 bits per heavy atom. The summed E-state index contributed by atoms with van der Waals surface area (Å²) in [5.74, 6) is -2.70. The molecule has 0 aromatic heterocycles. The highest BCUT2D eigenvalue weighted by Gasteiger charge is 2.51. The lowest BCUT2D eigenvalue weighted by Gasteiger charge is -2.21. The van der Waals surface area contributed by atoms with Gasteiger partial charge in [-0.05, 0) is 43.9 Å². The van der Waals surface area contributed by atoms with E-state index in [1.807, 2.05) is 0 Å². The Hall–Kier alpha value is -2.79. The molecule has 11 heteroatoms. The molecule has 174 valence electrons. The first-order valence-electron chi connectivity index (χ1n) is 10.5. The number of nitrogens with two attached hydrogens (primary N) is 1. The van der Waals surface area contributed by atoms with Crippen LogP contribution in [0.15, 0.2) is 29.2 Å². The Balaban J connectivity index is 1.43. The second-order valence-corrected chi connectivity index (χ2v) is 9.68. The number of carbonyl (C=O) groups excluding carboxylic acids is 4. The number of hydrogen-bond acceptors (Lipinski definition) is 7. The van der Waals surface area contributed by atoms with Gasteiger partial charge in [0.15, 0.2) is 6.61 Å². The molecule has 0 spiro atoms. The number of benzene rings is 1. The molecule has 3 rings (SSSR count). The topological polar surface area (TPSA) is 153 Å². The van der Waals surface area contributed by atoms with Crippen molar-refractivity contribution in [2.24, 2.45) is 17.0 Å². The highest BCUT2D eigenvalue weighted by Crippen LogP contribution is 2.38. The minimum atomic E-state index is -3.76. The third-order valence-electron chi connectivity index (χ3n) is 5.94. The van der Waals surface area contributed by atoms with Crippen LogP contribution in [0.3, 0.4) is 0 Å². The van der Waals surface area contributed by atoms with Crippen LogP contribution >= 0.6 is 0 Å². The maximum Gasteiger partial charge on any atom is 0.329 e. The van der Waals surface area contributed by atoms with E-state index in [4.69, 9.17) is 9.88 Å². The first-order chi connectivity index (χ1) is 15.1. The monoisotopic (exact) mass is 465 g/mol. The summed E-state index contributed by atoms with van der Waals surface area (Å²) < 4.78 is 27.5. The molecule has 1 saturated heterocycles. The van der Waals surface area contributed by atoms with Gasteiger partial charge in [-0.3, -0.25) is 19.3 Å². The fourth-order valence-corrected chi connectivity index (χ4v) is 4.69. The number of fused-ring (bicyclic) bond motifs is 1. The molecule has 3 atom stereocenters. The van der Waals surface area contributed by atoms with E-state index in [9.17, 15) is 27.6 Å². The van der Waals surface area contributed by atoms with Crippen molar-refractivity contribution in [3.05, 3.63) is 29.8 Å². The maximum absolute atomic E-state index is 12.6. The number of amides is 3. The molecule has 3 N–H and O–H groups in total. The second-order valence-electron chi connectivity index (χ2n) is 8.12. The van der Waals surface area contributed by atoms with Crippen LogP contribution < -0.4 is 10.5 Å². The Morgan fingerprint density at radius 1 is 1.12 bits per heavy atom. The molecular formula is C21H27N3O7S. The van der Waals surface area contributed by atoms with Crippen molar-refractivity contribution in [1.29, 1.82) is 0 Å². The maximum atomic E-state index is 12.6. The van der Waals surface area contributed by atoms with Crippen molar-refractivity contribution in [1.82, 2.24) is 10.2 Å². The highest BCUT2D eigenvalue weighted by molar-refractivity contribution is 7.89. The Bertz CT molecular complexity index is 983. The van der Waals surface area contributed by atoms with E-state index in [1.165, 1.54) is 19.1 Å². The second kappa shape index (κ2) is 9.78. The lowest BCUT2D eigenvalue weighted by molar-refractivity contribution is -0.159. The number of imide groups is 1. The van der Waals surface area contributed by atoms with Crippen LogP contribution in [0.25, 0.3) is 0 Å². The van der Waals surface area contributed by atoms with E-state index in [0.29, 0.717) is 19.3 Å². The van der Waals surface area contributed by atoms with Crippen molar-refractivity contribution in [3.8, 4) is 0 Å². The summed E-state index contributed by atoms with van der Waals surface area (Å²) in [6.45, 7) is 1.14. The number of primary sulfonamides is 1. The number of rotatable bonds is 8. The highest BCUT2D eigenvalue weighted by atomic mass is 32.2. The normalized spacial score (nSPS) is 21.8. The number of ether oxygens (including phenoxy) is 1. The predicted molar refractivity (Wildman–Crippen MR) is 112 cm³/mol. The van der Waals surface area contributed by atoms with Crippen molar-refractivity contribution in [2.45, 2.75) is 50.0 Å². The summed E-state index contributed by atoms with van der Waals surface area (Å²) in [6.07, 6.45) is 3.52. The zero-order chi connectivity index (χ0) is 23.5. The van der Waals surface area contributed by atoms with Gasteiger partial charge in [-0.1, -0.05) is 25.0 Å². The van der Waals surface area contributed by atoms with Crippen molar-refractivity contribution < 1.29 is 32.3 Å². The molecule has 32 heavy (non-hydrogen) atoms. The third-order valence-corrected chi connectivity index (χ3v) is 6.87. The molecule has 0 bridgehead atoms. The van der Waals surface area contributed by atoms with Crippen LogP contribution in [0, 0.1) is 11.8 Å². The number of nitrogens with zero attached hydrogens (tertiary/aromatic N) is 1. The van der Waals surface area contributed by atoms with Crippen LogP contribution in [0.5, 0.6) is 0 Å². The fraction of sp³-hybridized carbons (Fsp3) is 0.524. The Labute approximate surface area is 186 Å². The largest absolute Gasteiger partial charge is 0.454 e. The lowest BCUT2D eigenvalue weighted by atomic mass is 9.81. The summed E-state index contributed by atoms with van der Waals surface area (Å²) in [5, 5.41) is 7.64. The van der Waals surface area contributed by atoms with E-state index in [2.05, 4.69) is 5.32 Å². The van der Waals surface area contributed by atoms with E-state index >= 15 is 0 Å². The van der Waals surface area contributed by atoms with Gasteiger partial charge in [0.25, 0.3) is 5.91 Å². The molecule has 0 unspecified atom stereocenters. The van der Waals surface area contributed by atoms with Gasteiger partial charge in [0.05, 0.1) is 16.7 Å². The molecule has 3 amide bonds. The molecule has 1 aromatic carbocycles. The first kappa shape index (κ1) is 23.9. The third kappa shape index (κ3) is 5.33. The zero-order valence-corrected chi connectivity index (χ0v) is 18.6. The molecule has 1 aromatic rings. The smallest absolute Gasteiger partial charge is 0.329 e. The summed E-state index contributed by atoms with van der Waals surface area (Å²) in [6, 6.07) is 4.87. The number of esters is 1. The average molecular weight is 466 g/mol. The van der Waals surface area contributed by atoms with Gasteiger partial charge in [-0.2, -0.15) is 0 Å². The Morgan fingerprint density at radius 3 is 2.22 bits per heavy atom. The molecule has 1 heterocycles. The summed E-state index contributed by atoms with van der Waals surface area (Å²) >= 11 is 0. The number of nitrogens with one attached hydrogen (secondary N) is 1. The van der Waals surface area contributed by atoms with Crippen LogP contribution in [0.2, 0.25) is 0 Å². The summed E-state index contributed by atoms with van der Waals surface area (Å²) in [4.78, 5) is 50.4. The quantitative estimate of drug-likeness (QED) is 0.408. The summed E-state index contributed by atoms with van der Waals surface area (Å²) in [7, 11) is -3.76. The predicted octanol–water partition coefficient (Wildman–Crippen LogP) is 0.0996. The minimum Gasteiger partial charge on any atom is -0.454 e. The van der Waals surface area contributed by atoms with Gasteiger partial charge < -0.3 is 10.1 Å². The molecule has 2 fully saturated rings. The van der Waals surface area contributed by atoms with Crippen molar-refractivity contribution in [2.75, 3.05) is 13.2 Å². The van der Waals surface area contributed by atoms with Crippen molar-refractivity contribution in [3.63, 3.8) is 0 Å². The van der Waals surface area contributed by atoms with Crippen LogP contribution in [0.4, 0.5) is 0 Å². The molecule has 1 aliphatic carbocycles. The lowest BCUT2D eigenvalue weighted by Crippen LogP contribution is -2.45. The van der Waals surface area contributed by atoms with E-state index in [0.717, 1.165) is 23.3 Å². The Kier molecular flexibility index (Phi) is 7.29. The number of hydrogen-bond donors (Lipinski definition) is 2. The summed E-state index contributed by atoms with van der Waals surface area (Å²) in [5.41, 5.74) is 0.788. The molecule has 1 aliphatic heterocycles. The van der Waals surface area contributed by atoms with Crippen LogP contribution in [0.1, 0.15) is 38.2 Å². The molecule has 2 aliphatic rings. The molecular weight excluding hydrogens is 438 g/mol. The van der Waals surface area contributed by atoms with Crippen LogP contribution in [-0.4, -0.2) is 56.2 Å². The number of likely N-dealkylation sites (tertiary alicyclic amines) is 1. The van der Waals surface area contributed by atoms with Crippen molar-refractivity contribution >= 4 is 33.7 Å². The van der Waals surface area contributed by atoms with E-state index < -0.39 is 34.5 Å². The van der Waals surface area contributed by atoms with Gasteiger partial charge in [-0.15, -0.1) is 0 Å². The molecule has 1 saturated carbocycles.